The van der Waals surface area contributed by atoms with Gasteiger partial charge >= 0.3 is 0 Å². The van der Waals surface area contributed by atoms with E-state index in [9.17, 15) is 5.11 Å². The topological polar surface area (TPSA) is 38.7 Å². The third-order valence-corrected chi connectivity index (χ3v) is 3.47. The molecule has 0 aromatic heterocycles. The number of hydrogen-bond acceptors (Lipinski definition) is 3. The zero-order valence-electron chi connectivity index (χ0n) is 11.3. The summed E-state index contributed by atoms with van der Waals surface area (Å²) in [6, 6.07) is 15.1. The molecule has 0 radical (unpaired) electrons. The minimum atomic E-state index is -0.707. The fourth-order valence-electron chi connectivity index (χ4n) is 1.90. The first-order chi connectivity index (χ1) is 9.72. The molecule has 0 saturated carbocycles. The van der Waals surface area contributed by atoms with Crippen molar-refractivity contribution in [2.75, 3.05) is 20.3 Å². The second kappa shape index (κ2) is 7.43. The van der Waals surface area contributed by atoms with E-state index in [-0.39, 0.29) is 0 Å². The highest BCUT2D eigenvalue weighted by Crippen LogP contribution is 2.30. The number of rotatable bonds is 6. The van der Waals surface area contributed by atoms with Crippen molar-refractivity contribution in [2.45, 2.75) is 6.10 Å². The normalized spacial score (nSPS) is 12.2. The fourth-order valence-corrected chi connectivity index (χ4v) is 2.16. The summed E-state index contributed by atoms with van der Waals surface area (Å²) in [5.74, 6) is 0.681. The number of halogens is 1. The van der Waals surface area contributed by atoms with Crippen molar-refractivity contribution >= 4 is 15.9 Å². The number of hydrogen-bond donors (Lipinski definition) is 1. The predicted octanol–water partition coefficient (Wildman–Crippen LogP) is 3.56. The summed E-state index contributed by atoms with van der Waals surface area (Å²) >= 11 is 3.39. The average molecular weight is 337 g/mol. The Morgan fingerprint density at radius 3 is 2.45 bits per heavy atom. The Bertz CT molecular complexity index is 540. The van der Waals surface area contributed by atoms with Crippen LogP contribution in [-0.4, -0.2) is 25.4 Å². The molecule has 1 N–H and O–H groups in total. The number of aliphatic hydroxyl groups is 1. The quantitative estimate of drug-likeness (QED) is 0.820. The molecular weight excluding hydrogens is 320 g/mol. The van der Waals surface area contributed by atoms with Crippen LogP contribution < -0.4 is 4.74 Å². The Morgan fingerprint density at radius 2 is 1.75 bits per heavy atom. The van der Waals surface area contributed by atoms with Gasteiger partial charge in [-0.1, -0.05) is 46.3 Å². The predicted molar refractivity (Wildman–Crippen MR) is 82.0 cm³/mol. The molecule has 0 aliphatic carbocycles. The number of aliphatic hydroxyl groups excluding tert-OH is 1. The Balaban J connectivity index is 2.20. The molecule has 20 heavy (non-hydrogen) atoms. The number of para-hydroxylation sites is 1. The molecule has 0 bridgehead atoms. The van der Waals surface area contributed by atoms with Crippen LogP contribution in [0.4, 0.5) is 0 Å². The van der Waals surface area contributed by atoms with E-state index in [2.05, 4.69) is 15.9 Å². The Labute approximate surface area is 127 Å². The van der Waals surface area contributed by atoms with Crippen molar-refractivity contribution < 1.29 is 14.6 Å². The van der Waals surface area contributed by atoms with Crippen LogP contribution in [0.1, 0.15) is 17.2 Å². The van der Waals surface area contributed by atoms with Gasteiger partial charge in [0.15, 0.2) is 0 Å². The van der Waals surface area contributed by atoms with Gasteiger partial charge in [0.1, 0.15) is 18.5 Å². The third kappa shape index (κ3) is 3.82. The van der Waals surface area contributed by atoms with Gasteiger partial charge in [-0.2, -0.15) is 0 Å². The maximum absolute atomic E-state index is 10.5. The van der Waals surface area contributed by atoms with E-state index in [1.807, 2.05) is 48.5 Å². The van der Waals surface area contributed by atoms with E-state index in [4.69, 9.17) is 9.47 Å². The smallest absolute Gasteiger partial charge is 0.125 e. The summed E-state index contributed by atoms with van der Waals surface area (Å²) in [6.45, 7) is 0.975. The summed E-state index contributed by atoms with van der Waals surface area (Å²) in [5.41, 5.74) is 1.59. The molecule has 0 fully saturated rings. The Hall–Kier alpha value is -1.36. The van der Waals surface area contributed by atoms with Crippen LogP contribution in [0.15, 0.2) is 53.0 Å². The highest BCUT2D eigenvalue weighted by Gasteiger charge is 2.15. The van der Waals surface area contributed by atoms with Crippen LogP contribution in [0, 0.1) is 0 Å². The van der Waals surface area contributed by atoms with Gasteiger partial charge < -0.3 is 14.6 Å². The summed E-state index contributed by atoms with van der Waals surface area (Å²) in [4.78, 5) is 0. The van der Waals surface area contributed by atoms with E-state index in [1.54, 1.807) is 7.11 Å². The van der Waals surface area contributed by atoms with Crippen molar-refractivity contribution in [3.63, 3.8) is 0 Å². The van der Waals surface area contributed by atoms with Crippen molar-refractivity contribution in [1.82, 2.24) is 0 Å². The standard InChI is InChI=1S/C16H17BrO3/c1-19-10-11-20-15-5-3-2-4-14(15)16(18)12-6-8-13(17)9-7-12/h2-9,16,18H,10-11H2,1H3. The molecule has 3 nitrogen and oxygen atoms in total. The van der Waals surface area contributed by atoms with Crippen LogP contribution in [0.3, 0.4) is 0 Å². The molecule has 1 unspecified atom stereocenters. The molecule has 0 heterocycles. The average Bonchev–Trinajstić information content (AvgIpc) is 2.48. The minimum Gasteiger partial charge on any atom is -0.491 e. The monoisotopic (exact) mass is 336 g/mol. The maximum Gasteiger partial charge on any atom is 0.125 e. The second-order valence-corrected chi connectivity index (χ2v) is 5.25. The molecule has 1 atom stereocenters. The van der Waals surface area contributed by atoms with E-state index >= 15 is 0 Å². The van der Waals surface area contributed by atoms with Gasteiger partial charge in [0, 0.05) is 17.1 Å². The highest BCUT2D eigenvalue weighted by atomic mass is 79.9. The van der Waals surface area contributed by atoms with Gasteiger partial charge in [0.2, 0.25) is 0 Å². The minimum absolute atomic E-state index is 0.459. The molecule has 106 valence electrons. The molecule has 0 aliphatic heterocycles. The van der Waals surface area contributed by atoms with Crippen molar-refractivity contribution in [3.05, 3.63) is 64.1 Å². The van der Waals surface area contributed by atoms with Crippen molar-refractivity contribution in [3.8, 4) is 5.75 Å². The van der Waals surface area contributed by atoms with Gasteiger partial charge in [-0.15, -0.1) is 0 Å². The zero-order chi connectivity index (χ0) is 14.4. The highest BCUT2D eigenvalue weighted by molar-refractivity contribution is 9.10. The molecule has 2 aromatic rings. The largest absolute Gasteiger partial charge is 0.491 e. The second-order valence-electron chi connectivity index (χ2n) is 4.33. The first-order valence-corrected chi connectivity index (χ1v) is 7.16. The Morgan fingerprint density at radius 1 is 1.05 bits per heavy atom. The lowest BCUT2D eigenvalue weighted by atomic mass is 10.0. The van der Waals surface area contributed by atoms with Crippen molar-refractivity contribution in [2.24, 2.45) is 0 Å². The molecule has 4 heteroatoms. The van der Waals surface area contributed by atoms with Crippen LogP contribution in [0.25, 0.3) is 0 Å². The Kier molecular flexibility index (Phi) is 5.59. The number of methoxy groups -OCH3 is 1. The molecule has 2 aromatic carbocycles. The SMILES string of the molecule is COCCOc1ccccc1C(O)c1ccc(Br)cc1. The zero-order valence-corrected chi connectivity index (χ0v) is 12.8. The number of ether oxygens (including phenoxy) is 2. The van der Waals surface area contributed by atoms with Gasteiger partial charge in [0.25, 0.3) is 0 Å². The lowest BCUT2D eigenvalue weighted by Crippen LogP contribution is -2.08. The fraction of sp³-hybridized carbons (Fsp3) is 0.250. The van der Waals surface area contributed by atoms with Crippen LogP contribution in [0.5, 0.6) is 5.75 Å². The van der Waals surface area contributed by atoms with Crippen LogP contribution >= 0.6 is 15.9 Å². The lowest BCUT2D eigenvalue weighted by Gasteiger charge is -2.16. The van der Waals surface area contributed by atoms with Crippen LogP contribution in [-0.2, 0) is 4.74 Å². The first kappa shape index (κ1) is 15.0. The molecule has 0 saturated heterocycles. The van der Waals surface area contributed by atoms with Gasteiger partial charge in [-0.3, -0.25) is 0 Å². The molecular formula is C16H17BrO3. The van der Waals surface area contributed by atoms with Gasteiger partial charge in [-0.25, -0.2) is 0 Å². The summed E-state index contributed by atoms with van der Waals surface area (Å²) in [7, 11) is 1.63. The van der Waals surface area contributed by atoms with E-state index in [0.29, 0.717) is 19.0 Å². The van der Waals surface area contributed by atoms with Crippen molar-refractivity contribution in [1.29, 1.82) is 0 Å². The third-order valence-electron chi connectivity index (χ3n) is 2.94. The number of benzene rings is 2. The van der Waals surface area contributed by atoms with E-state index in [0.717, 1.165) is 15.6 Å². The summed E-state index contributed by atoms with van der Waals surface area (Å²) in [5, 5.41) is 10.5. The van der Waals surface area contributed by atoms with Gasteiger partial charge in [-0.05, 0) is 23.8 Å². The molecule has 0 amide bonds. The van der Waals surface area contributed by atoms with Gasteiger partial charge in [0.05, 0.1) is 6.61 Å². The lowest BCUT2D eigenvalue weighted by molar-refractivity contribution is 0.142. The molecule has 0 spiro atoms. The maximum atomic E-state index is 10.5. The molecule has 2 rings (SSSR count). The first-order valence-electron chi connectivity index (χ1n) is 6.36. The molecule has 0 aliphatic rings. The van der Waals surface area contributed by atoms with E-state index in [1.165, 1.54) is 0 Å². The summed E-state index contributed by atoms with van der Waals surface area (Å²) in [6.07, 6.45) is -0.707. The van der Waals surface area contributed by atoms with Crippen LogP contribution in [0.2, 0.25) is 0 Å². The van der Waals surface area contributed by atoms with E-state index < -0.39 is 6.10 Å². The summed E-state index contributed by atoms with van der Waals surface area (Å²) < 4.78 is 11.6.